The summed E-state index contributed by atoms with van der Waals surface area (Å²) in [5.41, 5.74) is 0.898. The van der Waals surface area contributed by atoms with Crippen molar-refractivity contribution in [3.8, 4) is 0 Å². The molecule has 35 heavy (non-hydrogen) atoms. The molecule has 2 aromatic heterocycles. The lowest BCUT2D eigenvalue weighted by Gasteiger charge is -2.33. The Morgan fingerprint density at radius 3 is 2.60 bits per heavy atom. The maximum atomic E-state index is 13.0. The van der Waals surface area contributed by atoms with Crippen molar-refractivity contribution in [3.63, 3.8) is 0 Å². The minimum atomic E-state index is -3.64. The van der Waals surface area contributed by atoms with E-state index in [1.165, 1.54) is 16.6 Å². The van der Waals surface area contributed by atoms with Gasteiger partial charge in [-0.25, -0.2) is 23.4 Å². The van der Waals surface area contributed by atoms with Crippen molar-refractivity contribution in [1.82, 2.24) is 29.1 Å². The Hall–Kier alpha value is -1.89. The van der Waals surface area contributed by atoms with E-state index in [-0.39, 0.29) is 10.0 Å². The van der Waals surface area contributed by atoms with Gasteiger partial charge in [-0.2, -0.15) is 4.31 Å². The van der Waals surface area contributed by atoms with Crippen LogP contribution in [0.3, 0.4) is 0 Å². The van der Waals surface area contributed by atoms with Gasteiger partial charge in [0, 0.05) is 44.3 Å². The van der Waals surface area contributed by atoms with Crippen molar-refractivity contribution in [2.45, 2.75) is 17.9 Å². The van der Waals surface area contributed by atoms with E-state index in [1.807, 2.05) is 24.3 Å². The predicted molar refractivity (Wildman–Crippen MR) is 142 cm³/mol. The van der Waals surface area contributed by atoms with Crippen LogP contribution in [0.4, 0.5) is 5.82 Å². The number of piperazine rings is 1. The molecule has 12 heteroatoms. The molecular formula is C23H29BrClN7O2S. The van der Waals surface area contributed by atoms with Gasteiger partial charge in [-0.3, -0.25) is 4.90 Å². The molecule has 1 aliphatic rings. The SMILES string of the molecule is CN(C)CCCNc1nc(CN2CCN(S(=O)(=O)c3cnc(Cl)c(Br)c3)CC2)nc2ccccc12. The number of hydrogen-bond donors (Lipinski definition) is 1. The molecule has 0 unspecified atom stereocenters. The third kappa shape index (κ3) is 6.46. The number of aromatic nitrogens is 3. The number of nitrogens with zero attached hydrogens (tertiary/aromatic N) is 6. The van der Waals surface area contributed by atoms with Crippen LogP contribution >= 0.6 is 27.5 Å². The molecule has 1 saturated heterocycles. The van der Waals surface area contributed by atoms with Gasteiger partial charge >= 0.3 is 0 Å². The standard InChI is InChI=1S/C23H29BrClN7O2S/c1-30(2)9-5-8-26-23-18-6-3-4-7-20(18)28-21(29-23)16-31-10-12-32(13-11-31)35(33,34)17-14-19(24)22(25)27-15-17/h3-4,6-7,14-15H,5,8-13,16H2,1-2H3,(H,26,28,29). The molecule has 0 spiro atoms. The number of sulfonamides is 1. The molecule has 0 amide bonds. The zero-order chi connectivity index (χ0) is 25.0. The van der Waals surface area contributed by atoms with Gasteiger partial charge in [-0.05, 0) is 61.2 Å². The normalized spacial score (nSPS) is 15.7. The second kappa shape index (κ2) is 11.4. The predicted octanol–water partition coefficient (Wildman–Crippen LogP) is 3.31. The lowest BCUT2D eigenvalue weighted by atomic mass is 10.2. The van der Waals surface area contributed by atoms with Crippen molar-refractivity contribution in [2.24, 2.45) is 0 Å². The van der Waals surface area contributed by atoms with Gasteiger partial charge in [0.1, 0.15) is 21.7 Å². The molecule has 0 aliphatic carbocycles. The second-order valence-corrected chi connectivity index (χ2v) is 11.9. The van der Waals surface area contributed by atoms with Crippen molar-refractivity contribution in [3.05, 3.63) is 52.0 Å². The summed E-state index contributed by atoms with van der Waals surface area (Å²) in [6, 6.07) is 9.48. The van der Waals surface area contributed by atoms with Crippen LogP contribution in [0.5, 0.6) is 0 Å². The number of fused-ring (bicyclic) bond motifs is 1. The average molecular weight is 583 g/mol. The van der Waals surface area contributed by atoms with Crippen molar-refractivity contribution in [1.29, 1.82) is 0 Å². The minimum Gasteiger partial charge on any atom is -0.369 e. The number of pyridine rings is 1. The number of halogens is 2. The summed E-state index contributed by atoms with van der Waals surface area (Å²) < 4.78 is 28.0. The van der Waals surface area contributed by atoms with Gasteiger partial charge in [-0.1, -0.05) is 23.7 Å². The molecule has 0 atom stereocenters. The molecule has 1 aliphatic heterocycles. The maximum absolute atomic E-state index is 13.0. The lowest BCUT2D eigenvalue weighted by Crippen LogP contribution is -2.48. The van der Waals surface area contributed by atoms with E-state index in [1.54, 1.807) is 0 Å². The van der Waals surface area contributed by atoms with Crippen LogP contribution in [0.2, 0.25) is 5.15 Å². The Morgan fingerprint density at radius 2 is 1.89 bits per heavy atom. The molecule has 0 bridgehead atoms. The van der Waals surface area contributed by atoms with E-state index in [0.29, 0.717) is 37.2 Å². The smallest absolute Gasteiger partial charge is 0.244 e. The molecule has 1 fully saturated rings. The molecule has 4 rings (SSSR count). The van der Waals surface area contributed by atoms with Gasteiger partial charge in [0.15, 0.2) is 0 Å². The van der Waals surface area contributed by atoms with Gasteiger partial charge in [-0.15, -0.1) is 0 Å². The molecule has 0 saturated carbocycles. The Morgan fingerprint density at radius 1 is 1.14 bits per heavy atom. The van der Waals surface area contributed by atoms with Gasteiger partial charge in [0.2, 0.25) is 10.0 Å². The fourth-order valence-corrected chi connectivity index (χ4v) is 5.95. The number of para-hydroxylation sites is 1. The monoisotopic (exact) mass is 581 g/mol. The first-order chi connectivity index (χ1) is 16.7. The highest BCUT2D eigenvalue weighted by Crippen LogP contribution is 2.26. The van der Waals surface area contributed by atoms with E-state index in [9.17, 15) is 8.42 Å². The molecule has 3 heterocycles. The topological polar surface area (TPSA) is 94.6 Å². The van der Waals surface area contributed by atoms with E-state index < -0.39 is 10.0 Å². The Bertz CT molecular complexity index is 1280. The van der Waals surface area contributed by atoms with E-state index in [2.05, 4.69) is 50.1 Å². The van der Waals surface area contributed by atoms with Crippen LogP contribution in [0.15, 0.2) is 45.9 Å². The highest BCUT2D eigenvalue weighted by Gasteiger charge is 2.29. The number of rotatable bonds is 9. The fourth-order valence-electron chi connectivity index (χ4n) is 3.95. The highest BCUT2D eigenvalue weighted by atomic mass is 79.9. The van der Waals surface area contributed by atoms with Crippen LogP contribution in [0, 0.1) is 0 Å². The van der Waals surface area contributed by atoms with E-state index >= 15 is 0 Å². The van der Waals surface area contributed by atoms with Crippen LogP contribution in [0.1, 0.15) is 12.2 Å². The first kappa shape index (κ1) is 26.2. The molecule has 1 N–H and O–H groups in total. The van der Waals surface area contributed by atoms with E-state index in [4.69, 9.17) is 21.6 Å². The van der Waals surface area contributed by atoms with Crippen molar-refractivity contribution in [2.75, 3.05) is 58.7 Å². The van der Waals surface area contributed by atoms with Gasteiger partial charge in [0.05, 0.1) is 16.5 Å². The Kier molecular flexibility index (Phi) is 8.56. The summed E-state index contributed by atoms with van der Waals surface area (Å²) in [6.45, 7) is 4.31. The Balaban J connectivity index is 1.42. The molecule has 9 nitrogen and oxygen atoms in total. The van der Waals surface area contributed by atoms with Gasteiger partial charge in [0.25, 0.3) is 0 Å². The quantitative estimate of drug-likeness (QED) is 0.303. The summed E-state index contributed by atoms with van der Waals surface area (Å²) >= 11 is 9.17. The first-order valence-corrected chi connectivity index (χ1v) is 14.0. The number of nitrogens with one attached hydrogen (secondary N) is 1. The number of hydrogen-bond acceptors (Lipinski definition) is 8. The van der Waals surface area contributed by atoms with Crippen LogP contribution < -0.4 is 5.32 Å². The summed E-state index contributed by atoms with van der Waals surface area (Å²) in [4.78, 5) is 18.0. The molecule has 1 aromatic carbocycles. The van der Waals surface area contributed by atoms with Crippen molar-refractivity contribution >= 4 is 54.3 Å². The summed E-state index contributed by atoms with van der Waals surface area (Å²) in [5.74, 6) is 1.56. The lowest BCUT2D eigenvalue weighted by molar-refractivity contribution is 0.178. The van der Waals surface area contributed by atoms with Crippen LogP contribution in [0.25, 0.3) is 10.9 Å². The first-order valence-electron chi connectivity index (χ1n) is 11.4. The third-order valence-electron chi connectivity index (χ3n) is 5.83. The number of benzene rings is 1. The second-order valence-electron chi connectivity index (χ2n) is 8.71. The fraction of sp³-hybridized carbons (Fsp3) is 0.435. The highest BCUT2D eigenvalue weighted by molar-refractivity contribution is 9.10. The summed E-state index contributed by atoms with van der Waals surface area (Å²) in [6.07, 6.45) is 2.31. The summed E-state index contributed by atoms with van der Waals surface area (Å²) in [5, 5.41) is 4.70. The largest absolute Gasteiger partial charge is 0.369 e. The molecule has 188 valence electrons. The number of anilines is 1. The average Bonchev–Trinajstić information content (AvgIpc) is 2.83. The van der Waals surface area contributed by atoms with Crippen LogP contribution in [-0.4, -0.2) is 90.8 Å². The van der Waals surface area contributed by atoms with Gasteiger partial charge < -0.3 is 10.2 Å². The summed E-state index contributed by atoms with van der Waals surface area (Å²) in [7, 11) is 0.487. The molecule has 0 radical (unpaired) electrons. The van der Waals surface area contributed by atoms with E-state index in [0.717, 1.165) is 42.1 Å². The van der Waals surface area contributed by atoms with Crippen molar-refractivity contribution < 1.29 is 8.42 Å². The zero-order valence-corrected chi connectivity index (χ0v) is 22.9. The maximum Gasteiger partial charge on any atom is 0.244 e. The Labute approximate surface area is 219 Å². The minimum absolute atomic E-state index is 0.130. The third-order valence-corrected chi connectivity index (χ3v) is 8.83. The molecular weight excluding hydrogens is 554 g/mol. The molecule has 3 aromatic rings. The zero-order valence-electron chi connectivity index (χ0n) is 19.8. The van der Waals surface area contributed by atoms with Crippen LogP contribution in [-0.2, 0) is 16.6 Å².